The molecule has 0 amide bonds. The highest BCUT2D eigenvalue weighted by molar-refractivity contribution is 5.60. The molecule has 0 aliphatic heterocycles. The van der Waals surface area contributed by atoms with E-state index >= 15 is 0 Å². The van der Waals surface area contributed by atoms with Gasteiger partial charge in [0.2, 0.25) is 0 Å². The second-order valence-electron chi connectivity index (χ2n) is 7.64. The van der Waals surface area contributed by atoms with Crippen molar-refractivity contribution in [2.45, 2.75) is 26.9 Å². The van der Waals surface area contributed by atoms with Gasteiger partial charge in [-0.05, 0) is 43.7 Å². The van der Waals surface area contributed by atoms with Gasteiger partial charge < -0.3 is 5.32 Å². The van der Waals surface area contributed by atoms with Crippen LogP contribution >= 0.6 is 0 Å². The van der Waals surface area contributed by atoms with Gasteiger partial charge in [0.1, 0.15) is 11.6 Å². The molecule has 0 aliphatic rings. The van der Waals surface area contributed by atoms with E-state index in [0.717, 1.165) is 23.5 Å². The van der Waals surface area contributed by atoms with E-state index in [0.29, 0.717) is 29.4 Å². The second-order valence-corrected chi connectivity index (χ2v) is 7.64. The highest BCUT2D eigenvalue weighted by atomic mass is 19.1. The molecule has 0 aliphatic carbocycles. The van der Waals surface area contributed by atoms with Gasteiger partial charge in [-0.15, -0.1) is 15.3 Å². The van der Waals surface area contributed by atoms with Gasteiger partial charge in [-0.3, -0.25) is 4.68 Å². The van der Waals surface area contributed by atoms with Gasteiger partial charge in [0.05, 0.1) is 17.8 Å². The molecule has 8 heteroatoms. The van der Waals surface area contributed by atoms with Crippen LogP contribution in [0.4, 0.5) is 10.2 Å². The lowest BCUT2D eigenvalue weighted by Crippen LogP contribution is -2.07. The number of aryl methyl sites for hydroxylation is 1. The Morgan fingerprint density at radius 3 is 2.47 bits per heavy atom. The molecule has 160 valence electrons. The summed E-state index contributed by atoms with van der Waals surface area (Å²) in [7, 11) is 0. The fourth-order valence-corrected chi connectivity index (χ4v) is 3.77. The molecule has 2 aromatic carbocycles. The van der Waals surface area contributed by atoms with Crippen molar-refractivity contribution in [3.63, 3.8) is 0 Å². The van der Waals surface area contributed by atoms with Crippen LogP contribution in [0.3, 0.4) is 0 Å². The Balaban J connectivity index is 1.39. The molecule has 1 N–H and O–H groups in total. The molecule has 0 atom stereocenters. The zero-order chi connectivity index (χ0) is 22.1. The maximum Gasteiger partial charge on any atom is 0.188 e. The van der Waals surface area contributed by atoms with Crippen LogP contribution in [0.2, 0.25) is 0 Å². The zero-order valence-corrected chi connectivity index (χ0v) is 17.8. The van der Waals surface area contributed by atoms with E-state index in [-0.39, 0.29) is 5.82 Å². The van der Waals surface area contributed by atoms with Crippen molar-refractivity contribution in [1.82, 2.24) is 29.6 Å². The van der Waals surface area contributed by atoms with Gasteiger partial charge in [-0.2, -0.15) is 9.61 Å². The van der Waals surface area contributed by atoms with Gasteiger partial charge in [0.15, 0.2) is 11.5 Å². The average molecular weight is 427 g/mol. The van der Waals surface area contributed by atoms with Gasteiger partial charge in [-0.1, -0.05) is 42.5 Å². The van der Waals surface area contributed by atoms with Crippen LogP contribution in [-0.2, 0) is 13.1 Å². The number of hydrogen-bond donors (Lipinski definition) is 1. The molecule has 5 aromatic rings. The van der Waals surface area contributed by atoms with Crippen molar-refractivity contribution in [3.05, 3.63) is 95.1 Å². The molecule has 0 saturated heterocycles. The molecule has 0 unspecified atom stereocenters. The Morgan fingerprint density at radius 2 is 1.66 bits per heavy atom. The lowest BCUT2D eigenvalue weighted by atomic mass is 10.2. The summed E-state index contributed by atoms with van der Waals surface area (Å²) in [6.45, 7) is 5.39. The second kappa shape index (κ2) is 8.22. The predicted octanol–water partition coefficient (Wildman–Crippen LogP) is 4.40. The molecular formula is C24H22FN7. The van der Waals surface area contributed by atoms with E-state index in [2.05, 4.69) is 39.7 Å². The van der Waals surface area contributed by atoms with Gasteiger partial charge in [0.25, 0.3) is 0 Å². The Labute approximate surface area is 184 Å². The van der Waals surface area contributed by atoms with Crippen molar-refractivity contribution in [1.29, 1.82) is 0 Å². The molecular weight excluding hydrogens is 405 g/mol. The van der Waals surface area contributed by atoms with E-state index in [4.69, 9.17) is 5.10 Å². The number of rotatable bonds is 6. The molecule has 0 saturated carbocycles. The minimum atomic E-state index is -0.362. The third-order valence-corrected chi connectivity index (χ3v) is 5.53. The first-order valence-electron chi connectivity index (χ1n) is 10.4. The van der Waals surface area contributed by atoms with E-state index in [1.165, 1.54) is 11.6 Å². The van der Waals surface area contributed by atoms with Gasteiger partial charge in [-0.25, -0.2) is 4.39 Å². The molecule has 3 heterocycles. The number of aromatic nitrogens is 6. The first-order valence-corrected chi connectivity index (χ1v) is 10.4. The van der Waals surface area contributed by atoms with Crippen LogP contribution in [0.25, 0.3) is 17.0 Å². The summed E-state index contributed by atoms with van der Waals surface area (Å²) in [5.74, 6) is 0.647. The molecule has 0 fully saturated rings. The maximum absolute atomic E-state index is 14.3. The first-order chi connectivity index (χ1) is 15.6. The molecule has 0 radical (unpaired) electrons. The fraction of sp³-hybridized carbons (Fsp3) is 0.167. The summed E-state index contributed by atoms with van der Waals surface area (Å²) in [5, 5.41) is 20.9. The Kier molecular flexibility index (Phi) is 5.10. The van der Waals surface area contributed by atoms with Crippen molar-refractivity contribution < 1.29 is 4.39 Å². The topological polar surface area (TPSA) is 72.9 Å². The van der Waals surface area contributed by atoms with Gasteiger partial charge in [0, 0.05) is 17.8 Å². The Morgan fingerprint density at radius 1 is 0.875 bits per heavy atom. The summed E-state index contributed by atoms with van der Waals surface area (Å²) in [4.78, 5) is 0. The van der Waals surface area contributed by atoms with Gasteiger partial charge >= 0.3 is 0 Å². The van der Waals surface area contributed by atoms with E-state index in [1.807, 2.05) is 41.9 Å². The summed E-state index contributed by atoms with van der Waals surface area (Å²) < 4.78 is 17.8. The monoisotopic (exact) mass is 427 g/mol. The zero-order valence-electron chi connectivity index (χ0n) is 17.8. The van der Waals surface area contributed by atoms with Crippen LogP contribution in [0.5, 0.6) is 0 Å². The normalized spacial score (nSPS) is 11.2. The average Bonchev–Trinajstić information content (AvgIpc) is 3.33. The summed E-state index contributed by atoms with van der Waals surface area (Å²) in [6.07, 6.45) is 0. The highest BCUT2D eigenvalue weighted by Gasteiger charge is 2.15. The number of fused-ring (bicyclic) bond motifs is 1. The molecule has 7 nitrogen and oxygen atoms in total. The van der Waals surface area contributed by atoms with Crippen LogP contribution in [0.1, 0.15) is 22.5 Å². The minimum Gasteiger partial charge on any atom is -0.364 e. The van der Waals surface area contributed by atoms with E-state index < -0.39 is 0 Å². The standard InChI is InChI=1S/C24H22FN7/c1-16-20(17(2)31(29-16)15-18-8-4-3-5-9-18)14-26-22-12-13-23-27-28-24(32(23)30-22)19-10-6-7-11-21(19)25/h3-13H,14-15H2,1-2H3,(H,26,30). The van der Waals surface area contributed by atoms with Crippen molar-refractivity contribution in [2.24, 2.45) is 0 Å². The lowest BCUT2D eigenvalue weighted by Gasteiger charge is -2.08. The third kappa shape index (κ3) is 3.71. The Bertz CT molecular complexity index is 1390. The molecule has 0 spiro atoms. The number of anilines is 1. The van der Waals surface area contributed by atoms with Crippen molar-refractivity contribution in [2.75, 3.05) is 5.32 Å². The minimum absolute atomic E-state index is 0.360. The summed E-state index contributed by atoms with van der Waals surface area (Å²) >= 11 is 0. The summed E-state index contributed by atoms with van der Waals surface area (Å²) in [5.41, 5.74) is 5.33. The van der Waals surface area contributed by atoms with Crippen LogP contribution in [-0.4, -0.2) is 29.6 Å². The van der Waals surface area contributed by atoms with Crippen molar-refractivity contribution >= 4 is 11.5 Å². The predicted molar refractivity (Wildman–Crippen MR) is 121 cm³/mol. The fourth-order valence-electron chi connectivity index (χ4n) is 3.77. The van der Waals surface area contributed by atoms with E-state index in [1.54, 1.807) is 22.7 Å². The van der Waals surface area contributed by atoms with Crippen LogP contribution < -0.4 is 5.32 Å². The number of nitrogens with zero attached hydrogens (tertiary/aromatic N) is 6. The molecule has 3 aromatic heterocycles. The SMILES string of the molecule is Cc1nn(Cc2ccccc2)c(C)c1CNc1ccc2nnc(-c3ccccc3F)n2n1. The largest absolute Gasteiger partial charge is 0.364 e. The number of hydrogen-bond acceptors (Lipinski definition) is 5. The third-order valence-electron chi connectivity index (χ3n) is 5.53. The number of benzene rings is 2. The number of nitrogens with one attached hydrogen (secondary N) is 1. The van der Waals surface area contributed by atoms with E-state index in [9.17, 15) is 4.39 Å². The smallest absolute Gasteiger partial charge is 0.188 e. The quantitative estimate of drug-likeness (QED) is 0.435. The Hall–Kier alpha value is -4.07. The molecule has 32 heavy (non-hydrogen) atoms. The maximum atomic E-state index is 14.3. The summed E-state index contributed by atoms with van der Waals surface area (Å²) in [6, 6.07) is 20.4. The molecule has 0 bridgehead atoms. The molecule has 5 rings (SSSR count). The highest BCUT2D eigenvalue weighted by Crippen LogP contribution is 2.22. The first kappa shape index (κ1) is 19.9. The van der Waals surface area contributed by atoms with Crippen LogP contribution in [0.15, 0.2) is 66.7 Å². The number of halogens is 1. The van der Waals surface area contributed by atoms with Crippen LogP contribution in [0, 0.1) is 19.7 Å². The lowest BCUT2D eigenvalue weighted by molar-refractivity contribution is 0.629. The van der Waals surface area contributed by atoms with Crippen molar-refractivity contribution in [3.8, 4) is 11.4 Å².